The second kappa shape index (κ2) is 5.29. The maximum Gasteiger partial charge on any atom is 0.0183 e. The second-order valence-electron chi connectivity index (χ2n) is 5.98. The van der Waals surface area contributed by atoms with Crippen molar-refractivity contribution in [3.05, 3.63) is 23.0 Å². The molecule has 1 heteroatoms. The first kappa shape index (κ1) is 11.4. The molecule has 1 N–H and O–H groups in total. The van der Waals surface area contributed by atoms with E-state index in [4.69, 9.17) is 0 Å². The number of hydrogen-bond acceptors (Lipinski definition) is 0. The van der Waals surface area contributed by atoms with Crippen LogP contribution in [0, 0.1) is 0 Å². The summed E-state index contributed by atoms with van der Waals surface area (Å²) in [6, 6.07) is 2.50. The van der Waals surface area contributed by atoms with Gasteiger partial charge < -0.3 is 4.98 Å². The van der Waals surface area contributed by atoms with E-state index in [-0.39, 0.29) is 0 Å². The van der Waals surface area contributed by atoms with Crippen LogP contribution in [0.4, 0.5) is 0 Å². The normalized spacial score (nSPS) is 22.8. The molecule has 0 bridgehead atoms. The molecule has 0 saturated heterocycles. The number of hydrogen-bond donors (Lipinski definition) is 1. The molecule has 1 nitrogen and oxygen atoms in total. The molecule has 1 fully saturated rings. The van der Waals surface area contributed by atoms with Gasteiger partial charge in [0.05, 0.1) is 0 Å². The van der Waals surface area contributed by atoms with Gasteiger partial charge in [-0.15, -0.1) is 0 Å². The van der Waals surface area contributed by atoms with Crippen molar-refractivity contribution in [1.82, 2.24) is 4.98 Å². The van der Waals surface area contributed by atoms with Crippen LogP contribution in [-0.2, 0) is 12.8 Å². The Bertz CT molecular complexity index is 332. The highest BCUT2D eigenvalue weighted by Crippen LogP contribution is 2.33. The number of fused-ring (bicyclic) bond motifs is 1. The fourth-order valence-electron chi connectivity index (χ4n) is 3.62. The average Bonchev–Trinajstić information content (AvgIpc) is 2.71. The first-order valence-corrected chi connectivity index (χ1v) is 7.64. The van der Waals surface area contributed by atoms with Gasteiger partial charge in [0.1, 0.15) is 0 Å². The highest BCUT2D eigenvalue weighted by atomic mass is 14.7. The fourth-order valence-corrected chi connectivity index (χ4v) is 3.62. The smallest absolute Gasteiger partial charge is 0.0183 e. The first-order chi connectivity index (χ1) is 8.43. The Morgan fingerprint density at radius 2 is 1.53 bits per heavy atom. The lowest BCUT2D eigenvalue weighted by atomic mass is 9.88. The van der Waals surface area contributed by atoms with E-state index in [1.165, 1.54) is 70.6 Å². The highest BCUT2D eigenvalue weighted by Gasteiger charge is 2.19. The number of aromatic nitrogens is 1. The maximum atomic E-state index is 3.75. The summed E-state index contributed by atoms with van der Waals surface area (Å²) in [5.74, 6) is 0.834. The van der Waals surface area contributed by atoms with Crippen LogP contribution in [-0.4, -0.2) is 4.98 Å². The van der Waals surface area contributed by atoms with Crippen molar-refractivity contribution in [2.24, 2.45) is 0 Å². The number of nitrogens with one attached hydrogen (secondary N) is 1. The summed E-state index contributed by atoms with van der Waals surface area (Å²) in [5, 5.41) is 0. The molecular formula is C16H25N. The molecule has 17 heavy (non-hydrogen) atoms. The quantitative estimate of drug-likeness (QED) is 0.719. The van der Waals surface area contributed by atoms with Crippen molar-refractivity contribution in [2.45, 2.75) is 76.5 Å². The summed E-state index contributed by atoms with van der Waals surface area (Å²) >= 11 is 0. The van der Waals surface area contributed by atoms with Crippen molar-refractivity contribution in [1.29, 1.82) is 0 Å². The summed E-state index contributed by atoms with van der Waals surface area (Å²) in [6.45, 7) is 0. The molecule has 1 heterocycles. The number of rotatable bonds is 1. The van der Waals surface area contributed by atoms with Gasteiger partial charge in [-0.2, -0.15) is 0 Å². The van der Waals surface area contributed by atoms with E-state index in [0.29, 0.717) is 0 Å². The van der Waals surface area contributed by atoms with Gasteiger partial charge in [-0.05, 0) is 56.1 Å². The number of aryl methyl sites for hydroxylation is 2. The first-order valence-electron chi connectivity index (χ1n) is 7.64. The largest absolute Gasteiger partial charge is 0.362 e. The van der Waals surface area contributed by atoms with Gasteiger partial charge in [-0.3, -0.25) is 0 Å². The third-order valence-electron chi connectivity index (χ3n) is 4.68. The molecule has 2 aliphatic carbocycles. The molecular weight excluding hydrogens is 206 g/mol. The molecule has 0 amide bonds. The van der Waals surface area contributed by atoms with Crippen LogP contribution in [0.1, 0.15) is 80.7 Å². The molecule has 1 saturated carbocycles. The highest BCUT2D eigenvalue weighted by molar-refractivity contribution is 5.30. The number of aromatic amines is 1. The Kier molecular flexibility index (Phi) is 3.54. The molecule has 3 rings (SSSR count). The third kappa shape index (κ3) is 2.59. The SMILES string of the molecule is c1c(C2CCCCCCC2)[nH]c2c1CCCC2. The Labute approximate surface area is 105 Å². The topological polar surface area (TPSA) is 15.8 Å². The van der Waals surface area contributed by atoms with Gasteiger partial charge in [0.25, 0.3) is 0 Å². The summed E-state index contributed by atoms with van der Waals surface area (Å²) in [4.78, 5) is 3.75. The van der Waals surface area contributed by atoms with Crippen molar-refractivity contribution in [3.63, 3.8) is 0 Å². The van der Waals surface area contributed by atoms with Gasteiger partial charge in [0.2, 0.25) is 0 Å². The van der Waals surface area contributed by atoms with E-state index >= 15 is 0 Å². The zero-order valence-corrected chi connectivity index (χ0v) is 10.9. The zero-order chi connectivity index (χ0) is 11.5. The minimum atomic E-state index is 0.834. The predicted molar refractivity (Wildman–Crippen MR) is 72.5 cm³/mol. The lowest BCUT2D eigenvalue weighted by molar-refractivity contribution is 0.450. The van der Waals surface area contributed by atoms with Crippen molar-refractivity contribution < 1.29 is 0 Å². The van der Waals surface area contributed by atoms with E-state index in [9.17, 15) is 0 Å². The molecule has 1 aromatic rings. The summed E-state index contributed by atoms with van der Waals surface area (Å²) in [5.41, 5.74) is 4.76. The van der Waals surface area contributed by atoms with Gasteiger partial charge in [0, 0.05) is 11.4 Å². The van der Waals surface area contributed by atoms with Gasteiger partial charge >= 0.3 is 0 Å². The van der Waals surface area contributed by atoms with Gasteiger partial charge in [-0.25, -0.2) is 0 Å². The standard InChI is InChI=1S/C16H25N/c1-2-4-8-13(9-5-3-1)16-12-14-10-6-7-11-15(14)17-16/h12-13,17H,1-11H2. The van der Waals surface area contributed by atoms with Gasteiger partial charge in [0.15, 0.2) is 0 Å². The minimum Gasteiger partial charge on any atom is -0.362 e. The lowest BCUT2D eigenvalue weighted by Crippen LogP contribution is -2.03. The van der Waals surface area contributed by atoms with Crippen LogP contribution in [0.2, 0.25) is 0 Å². The summed E-state index contributed by atoms with van der Waals surface area (Å²) < 4.78 is 0. The van der Waals surface area contributed by atoms with E-state index in [0.717, 1.165) is 5.92 Å². The summed E-state index contributed by atoms with van der Waals surface area (Å²) in [6.07, 6.45) is 15.5. The van der Waals surface area contributed by atoms with Gasteiger partial charge in [-0.1, -0.05) is 32.1 Å². The minimum absolute atomic E-state index is 0.834. The van der Waals surface area contributed by atoms with Crippen LogP contribution < -0.4 is 0 Å². The molecule has 0 spiro atoms. The van der Waals surface area contributed by atoms with E-state index < -0.39 is 0 Å². The Morgan fingerprint density at radius 1 is 0.824 bits per heavy atom. The molecule has 0 unspecified atom stereocenters. The van der Waals surface area contributed by atoms with Crippen LogP contribution in [0.5, 0.6) is 0 Å². The van der Waals surface area contributed by atoms with Crippen molar-refractivity contribution in [2.75, 3.05) is 0 Å². The molecule has 2 aliphatic rings. The van der Waals surface area contributed by atoms with Crippen molar-refractivity contribution in [3.8, 4) is 0 Å². The fraction of sp³-hybridized carbons (Fsp3) is 0.750. The Hall–Kier alpha value is -0.720. The monoisotopic (exact) mass is 231 g/mol. The molecule has 0 atom stereocenters. The molecule has 1 aromatic heterocycles. The Morgan fingerprint density at radius 3 is 2.29 bits per heavy atom. The van der Waals surface area contributed by atoms with E-state index in [1.54, 1.807) is 17.0 Å². The van der Waals surface area contributed by atoms with Crippen molar-refractivity contribution >= 4 is 0 Å². The molecule has 0 aromatic carbocycles. The number of H-pyrrole nitrogens is 1. The van der Waals surface area contributed by atoms with Crippen LogP contribution in [0.3, 0.4) is 0 Å². The molecule has 0 aliphatic heterocycles. The second-order valence-corrected chi connectivity index (χ2v) is 5.98. The van der Waals surface area contributed by atoms with Crippen LogP contribution in [0.25, 0.3) is 0 Å². The van der Waals surface area contributed by atoms with Crippen LogP contribution in [0.15, 0.2) is 6.07 Å². The predicted octanol–water partition coefficient (Wildman–Crippen LogP) is 4.72. The maximum absolute atomic E-state index is 3.75. The Balaban J connectivity index is 1.75. The zero-order valence-electron chi connectivity index (χ0n) is 10.9. The summed E-state index contributed by atoms with van der Waals surface area (Å²) in [7, 11) is 0. The third-order valence-corrected chi connectivity index (χ3v) is 4.68. The van der Waals surface area contributed by atoms with Crippen LogP contribution >= 0.6 is 0 Å². The molecule has 0 radical (unpaired) electrons. The van der Waals surface area contributed by atoms with E-state index in [1.807, 2.05) is 0 Å². The molecule has 94 valence electrons. The average molecular weight is 231 g/mol. The van der Waals surface area contributed by atoms with E-state index in [2.05, 4.69) is 11.1 Å². The lowest BCUT2D eigenvalue weighted by Gasteiger charge is -2.18.